The van der Waals surface area contributed by atoms with E-state index in [9.17, 15) is 46.2 Å². The van der Waals surface area contributed by atoms with Crippen molar-refractivity contribution in [3.05, 3.63) is 0 Å². The van der Waals surface area contributed by atoms with Crippen molar-refractivity contribution in [2.24, 2.45) is 0 Å². The summed E-state index contributed by atoms with van der Waals surface area (Å²) in [5.41, 5.74) is 0. The second-order valence-corrected chi connectivity index (χ2v) is 30.6. The van der Waals surface area contributed by atoms with Crippen LogP contribution in [0.4, 0.5) is 0 Å². The van der Waals surface area contributed by atoms with Gasteiger partial charge in [0.25, 0.3) is 20.2 Å². The molecule has 2 N–H and O–H groups in total. The van der Waals surface area contributed by atoms with E-state index in [2.05, 4.69) is 13.8 Å². The molecule has 0 aliphatic heterocycles. The summed E-state index contributed by atoms with van der Waals surface area (Å²) in [6.45, 7) is 4.60. The average Bonchev–Trinajstić information content (AvgIpc) is 0.988. The first kappa shape index (κ1) is 100. The first-order valence-corrected chi connectivity index (χ1v) is 42.2. The molecule has 0 saturated carbocycles. The zero-order chi connectivity index (χ0) is 68.0. The van der Waals surface area contributed by atoms with Crippen LogP contribution in [0, 0.1) is 0 Å². The third-order valence-corrected chi connectivity index (χ3v) is 20.6. The molecule has 0 radical (unpaired) electrons. The molecule has 14 nitrogen and oxygen atoms in total. The van der Waals surface area contributed by atoms with Crippen LogP contribution in [0.15, 0.2) is 0 Å². The predicted octanol–water partition coefficient (Wildman–Crippen LogP) is 14.9. The third kappa shape index (κ3) is 79.0. The topological polar surface area (TPSA) is 242 Å². The molecule has 0 amide bonds. The molecule has 0 aliphatic carbocycles. The molecular formula is C76H146Na2O14S2. The van der Waals surface area contributed by atoms with Crippen molar-refractivity contribution in [3.63, 3.8) is 0 Å². The van der Waals surface area contributed by atoms with Crippen molar-refractivity contribution >= 4 is 44.1 Å². The number of carboxylic acid groups (broad SMARTS) is 2. The Bertz CT molecular complexity index is 1710. The van der Waals surface area contributed by atoms with Crippen LogP contribution in [0.3, 0.4) is 0 Å². The van der Waals surface area contributed by atoms with Crippen molar-refractivity contribution in [3.8, 4) is 0 Å². The van der Waals surface area contributed by atoms with E-state index < -0.39 is 67.5 Å². The molecule has 0 rings (SSSR count). The fourth-order valence-electron chi connectivity index (χ4n) is 12.4. The molecule has 2 atom stereocenters. The Kier molecular flexibility index (Phi) is 83.5. The summed E-state index contributed by atoms with van der Waals surface area (Å²) in [5.74, 6) is -5.96. The predicted molar refractivity (Wildman–Crippen MR) is 379 cm³/mol. The normalized spacial score (nSPS) is 12.1. The van der Waals surface area contributed by atoms with Crippen LogP contribution in [0.5, 0.6) is 0 Å². The van der Waals surface area contributed by atoms with Gasteiger partial charge in [-0.15, -0.1) is 0 Å². The van der Waals surface area contributed by atoms with E-state index in [0.29, 0.717) is 12.8 Å². The molecule has 0 bridgehead atoms. The molecular weight excluding hydrogens is 1250 g/mol. The van der Waals surface area contributed by atoms with Gasteiger partial charge < -0.3 is 29.3 Å². The summed E-state index contributed by atoms with van der Waals surface area (Å²) < 4.78 is 72.3. The van der Waals surface area contributed by atoms with Gasteiger partial charge in [0, 0.05) is 24.8 Å². The SMILES string of the molecule is CCCCCCCCCCCCCCCCCCCCCCCCCCCCCCCCCCOC(=O)C(CC(=O)[O-])S(=O)(=O)O.CCCCCCCCCCCCCCCCCCCCCCCCCCCCCCCCCCOC(=O)C(CC(=O)[O-])S(=O)(=O)O.[Na+].[Na+]. The number of carbonyl (C=O) groups excluding carboxylic acids is 4. The number of carboxylic acids is 2. The fourth-order valence-corrected chi connectivity index (χ4v) is 13.7. The minimum atomic E-state index is -4.84. The van der Waals surface area contributed by atoms with E-state index >= 15 is 0 Å². The third-order valence-electron chi connectivity index (χ3n) is 18.4. The fraction of sp³-hybridized carbons (Fsp3) is 0.947. The minimum Gasteiger partial charge on any atom is -0.550 e. The Balaban J connectivity index is -0.000000844. The van der Waals surface area contributed by atoms with E-state index in [-0.39, 0.29) is 72.3 Å². The number of rotatable bonds is 74. The van der Waals surface area contributed by atoms with E-state index in [1.54, 1.807) is 0 Å². The van der Waals surface area contributed by atoms with Crippen molar-refractivity contribution < 1.29 is 124 Å². The molecule has 0 aromatic heterocycles. The van der Waals surface area contributed by atoms with Gasteiger partial charge in [0.05, 0.1) is 13.2 Å². The molecule has 0 aliphatic rings. The van der Waals surface area contributed by atoms with Gasteiger partial charge in [-0.3, -0.25) is 18.7 Å². The van der Waals surface area contributed by atoms with Gasteiger partial charge in [-0.1, -0.05) is 412 Å². The number of hydrogen-bond donors (Lipinski definition) is 2. The van der Waals surface area contributed by atoms with Crippen molar-refractivity contribution in [1.82, 2.24) is 0 Å². The number of hydrogen-bond acceptors (Lipinski definition) is 12. The summed E-state index contributed by atoms with van der Waals surface area (Å²) in [6.07, 6.45) is 83.4. The number of unbranched alkanes of at least 4 members (excludes halogenated alkanes) is 62. The molecule has 2 unspecified atom stereocenters. The van der Waals surface area contributed by atoms with E-state index in [4.69, 9.17) is 18.6 Å². The van der Waals surface area contributed by atoms with Gasteiger partial charge in [-0.05, 0) is 12.8 Å². The second kappa shape index (κ2) is 78.4. The van der Waals surface area contributed by atoms with Gasteiger partial charge in [-0.2, -0.15) is 16.8 Å². The van der Waals surface area contributed by atoms with Crippen LogP contribution in [-0.2, 0) is 48.9 Å². The first-order valence-electron chi connectivity index (χ1n) is 39.2. The van der Waals surface area contributed by atoms with E-state index in [0.717, 1.165) is 38.5 Å². The van der Waals surface area contributed by atoms with Crippen LogP contribution in [0.25, 0.3) is 0 Å². The summed E-state index contributed by atoms with van der Waals surface area (Å²) in [7, 11) is -9.68. The van der Waals surface area contributed by atoms with Gasteiger partial charge in [0.2, 0.25) is 0 Å². The zero-order valence-electron chi connectivity index (χ0n) is 61.8. The zero-order valence-corrected chi connectivity index (χ0v) is 67.5. The number of aliphatic carboxylic acids is 2. The van der Waals surface area contributed by atoms with Crippen LogP contribution < -0.4 is 69.3 Å². The molecule has 0 saturated heterocycles. The maximum absolute atomic E-state index is 11.7. The maximum Gasteiger partial charge on any atom is 1.00 e. The van der Waals surface area contributed by atoms with Crippen LogP contribution in [0.1, 0.15) is 438 Å². The smallest absolute Gasteiger partial charge is 0.550 e. The van der Waals surface area contributed by atoms with Crippen molar-refractivity contribution in [2.45, 2.75) is 448 Å². The second-order valence-electron chi connectivity index (χ2n) is 27.4. The summed E-state index contributed by atoms with van der Waals surface area (Å²) >= 11 is 0. The molecule has 0 aromatic carbocycles. The Morgan fingerprint density at radius 2 is 0.372 bits per heavy atom. The molecule has 94 heavy (non-hydrogen) atoms. The van der Waals surface area contributed by atoms with Crippen molar-refractivity contribution in [2.75, 3.05) is 13.2 Å². The number of carbonyl (C=O) groups is 4. The molecule has 18 heteroatoms. The Labute approximate surface area is 624 Å². The largest absolute Gasteiger partial charge is 1.00 e. The standard InChI is InChI=1S/2C38H74O7S.2Na/c2*1-2-3-4-5-6-7-8-9-10-11-12-13-14-15-16-17-18-19-20-21-22-23-24-25-26-27-28-29-30-31-32-33-34-45-38(41)36(35-37(39)40)46(42,43)44;;/h2*36H,2-35H2,1H3,(H,39,40)(H,42,43,44);;/q;;2*+1/p-2. The summed E-state index contributed by atoms with van der Waals surface area (Å²) in [6, 6.07) is 0. The summed E-state index contributed by atoms with van der Waals surface area (Å²) in [4.78, 5) is 44.7. The Morgan fingerprint density at radius 3 is 0.479 bits per heavy atom. The van der Waals surface area contributed by atoms with Crippen molar-refractivity contribution in [1.29, 1.82) is 0 Å². The quantitative estimate of drug-likeness (QED) is 0.0249. The minimum absolute atomic E-state index is 0. The summed E-state index contributed by atoms with van der Waals surface area (Å²) in [5, 5.41) is 16.9. The van der Waals surface area contributed by atoms with Gasteiger partial charge in [-0.25, -0.2) is 0 Å². The Morgan fingerprint density at radius 1 is 0.255 bits per heavy atom. The monoisotopic (exact) mass is 1390 g/mol. The Hall–Kier alpha value is -0.300. The number of ether oxygens (including phenoxy) is 2. The van der Waals surface area contributed by atoms with Crippen LogP contribution in [0.2, 0.25) is 0 Å². The number of esters is 2. The van der Waals surface area contributed by atoms with E-state index in [1.807, 2.05) is 0 Å². The molecule has 0 spiro atoms. The van der Waals surface area contributed by atoms with Gasteiger partial charge in [0.1, 0.15) is 0 Å². The van der Waals surface area contributed by atoms with Crippen LogP contribution >= 0.6 is 0 Å². The average molecular weight is 1390 g/mol. The van der Waals surface area contributed by atoms with Gasteiger partial charge in [0.15, 0.2) is 10.5 Å². The van der Waals surface area contributed by atoms with Gasteiger partial charge >= 0.3 is 71.1 Å². The molecule has 0 fully saturated rings. The molecule has 548 valence electrons. The van der Waals surface area contributed by atoms with Crippen LogP contribution in [-0.4, -0.2) is 73.5 Å². The van der Waals surface area contributed by atoms with E-state index in [1.165, 1.54) is 360 Å². The molecule has 0 aromatic rings. The molecule has 0 heterocycles. The first-order chi connectivity index (χ1) is 44.6. The maximum atomic E-state index is 11.7.